The summed E-state index contributed by atoms with van der Waals surface area (Å²) in [6, 6.07) is 15.2. The number of amides is 2. The molecule has 3 rings (SSSR count). The van der Waals surface area contributed by atoms with Gasteiger partial charge in [-0.05, 0) is 49.0 Å². The Morgan fingerprint density at radius 3 is 2.16 bits per heavy atom. The maximum atomic E-state index is 12.5. The topological polar surface area (TPSA) is 77.1 Å². The van der Waals surface area contributed by atoms with Crippen LogP contribution in [0, 0.1) is 0 Å². The highest BCUT2D eigenvalue weighted by atomic mass is 16.5. The van der Waals surface area contributed by atoms with Gasteiger partial charge in [-0.25, -0.2) is 0 Å². The van der Waals surface area contributed by atoms with Gasteiger partial charge in [-0.3, -0.25) is 14.5 Å². The standard InChI is InChI=1S/C24H33N5O3/c1-27(2)20-9-5-18(6-10-20)22(29-15-13-28(3)14-16-29)17-25-23(30)24(31)26-19-7-11-21(32-4)12-8-19/h5-12,22H,13-17H2,1-4H3,(H,25,30)(H,26,31). The van der Waals surface area contributed by atoms with Crippen LogP contribution >= 0.6 is 0 Å². The van der Waals surface area contributed by atoms with Gasteiger partial charge in [-0.15, -0.1) is 0 Å². The summed E-state index contributed by atoms with van der Waals surface area (Å²) in [5, 5.41) is 5.46. The van der Waals surface area contributed by atoms with Crippen LogP contribution in [0.25, 0.3) is 0 Å². The van der Waals surface area contributed by atoms with Crippen LogP contribution in [0.2, 0.25) is 0 Å². The normalized spacial score (nSPS) is 15.6. The number of likely N-dealkylation sites (N-methyl/N-ethyl adjacent to an activating group) is 1. The second kappa shape index (κ2) is 11.0. The number of hydrogen-bond acceptors (Lipinski definition) is 6. The summed E-state index contributed by atoms with van der Waals surface area (Å²) in [4.78, 5) is 31.6. The van der Waals surface area contributed by atoms with Crippen LogP contribution in [0.15, 0.2) is 48.5 Å². The van der Waals surface area contributed by atoms with Gasteiger partial charge in [0.15, 0.2) is 0 Å². The van der Waals surface area contributed by atoms with Crippen LogP contribution in [0.1, 0.15) is 11.6 Å². The third-order valence-electron chi connectivity index (χ3n) is 5.78. The molecule has 1 heterocycles. The number of nitrogens with zero attached hydrogens (tertiary/aromatic N) is 3. The lowest BCUT2D eigenvalue weighted by Crippen LogP contribution is -2.49. The molecule has 0 spiro atoms. The SMILES string of the molecule is COc1ccc(NC(=O)C(=O)NCC(c2ccc(N(C)C)cc2)N2CCN(C)CC2)cc1. The molecule has 0 radical (unpaired) electrons. The second-order valence-electron chi connectivity index (χ2n) is 8.23. The van der Waals surface area contributed by atoms with Gasteiger partial charge in [-0.2, -0.15) is 0 Å². The van der Waals surface area contributed by atoms with E-state index in [9.17, 15) is 9.59 Å². The van der Waals surface area contributed by atoms with E-state index in [0.717, 1.165) is 37.4 Å². The Labute approximate surface area is 190 Å². The monoisotopic (exact) mass is 439 g/mol. The fourth-order valence-electron chi connectivity index (χ4n) is 3.72. The molecule has 8 heteroatoms. The summed E-state index contributed by atoms with van der Waals surface area (Å²) in [5.74, 6) is -0.650. The summed E-state index contributed by atoms with van der Waals surface area (Å²) in [6.07, 6.45) is 0. The molecule has 0 bridgehead atoms. The van der Waals surface area contributed by atoms with Gasteiger partial charge in [0.1, 0.15) is 5.75 Å². The number of benzene rings is 2. The number of piperazine rings is 1. The van der Waals surface area contributed by atoms with E-state index in [1.54, 1.807) is 31.4 Å². The molecular formula is C24H33N5O3. The molecule has 1 unspecified atom stereocenters. The maximum Gasteiger partial charge on any atom is 0.313 e. The van der Waals surface area contributed by atoms with E-state index in [1.165, 1.54) is 0 Å². The molecule has 1 aliphatic heterocycles. The van der Waals surface area contributed by atoms with Crippen molar-refractivity contribution in [2.45, 2.75) is 6.04 Å². The van der Waals surface area contributed by atoms with E-state index in [-0.39, 0.29) is 6.04 Å². The van der Waals surface area contributed by atoms with E-state index in [1.807, 2.05) is 14.1 Å². The first-order valence-electron chi connectivity index (χ1n) is 10.8. The fraction of sp³-hybridized carbons (Fsp3) is 0.417. The lowest BCUT2D eigenvalue weighted by molar-refractivity contribution is -0.136. The smallest absolute Gasteiger partial charge is 0.313 e. The Morgan fingerprint density at radius 2 is 1.59 bits per heavy atom. The highest BCUT2D eigenvalue weighted by Crippen LogP contribution is 2.24. The van der Waals surface area contributed by atoms with Crippen molar-refractivity contribution in [3.8, 4) is 5.75 Å². The first kappa shape index (κ1) is 23.6. The summed E-state index contributed by atoms with van der Waals surface area (Å²) in [6.45, 7) is 4.12. The number of methoxy groups -OCH3 is 1. The average molecular weight is 440 g/mol. The van der Waals surface area contributed by atoms with E-state index in [2.05, 4.69) is 56.6 Å². The minimum Gasteiger partial charge on any atom is -0.497 e. The maximum absolute atomic E-state index is 12.5. The zero-order chi connectivity index (χ0) is 23.1. The summed E-state index contributed by atoms with van der Waals surface area (Å²) in [5.41, 5.74) is 2.78. The van der Waals surface area contributed by atoms with Gasteiger partial charge in [0.05, 0.1) is 13.2 Å². The molecule has 1 fully saturated rings. The van der Waals surface area contributed by atoms with Crippen LogP contribution in [0.5, 0.6) is 5.75 Å². The molecule has 2 N–H and O–H groups in total. The van der Waals surface area contributed by atoms with Crippen molar-refractivity contribution in [1.29, 1.82) is 0 Å². The molecule has 0 aromatic heterocycles. The number of anilines is 2. The van der Waals surface area contributed by atoms with Gasteiger partial charge in [0, 0.05) is 58.2 Å². The molecule has 0 aliphatic carbocycles. The second-order valence-corrected chi connectivity index (χ2v) is 8.23. The average Bonchev–Trinajstić information content (AvgIpc) is 2.81. The first-order valence-corrected chi connectivity index (χ1v) is 10.8. The van der Waals surface area contributed by atoms with E-state index >= 15 is 0 Å². The number of nitrogens with one attached hydrogen (secondary N) is 2. The lowest BCUT2D eigenvalue weighted by Gasteiger charge is -2.38. The molecule has 1 aliphatic rings. The Hall–Kier alpha value is -3.10. The molecule has 1 atom stereocenters. The zero-order valence-corrected chi connectivity index (χ0v) is 19.3. The third-order valence-corrected chi connectivity index (χ3v) is 5.78. The van der Waals surface area contributed by atoms with Gasteiger partial charge in [0.25, 0.3) is 0 Å². The number of carbonyl (C=O) groups excluding carboxylic acids is 2. The minimum absolute atomic E-state index is 0.00218. The molecular weight excluding hydrogens is 406 g/mol. The highest BCUT2D eigenvalue weighted by molar-refractivity contribution is 6.39. The van der Waals surface area contributed by atoms with Crippen molar-refractivity contribution in [2.75, 3.05) is 71.2 Å². The number of carbonyl (C=O) groups is 2. The van der Waals surface area contributed by atoms with Crippen LogP contribution in [-0.4, -0.2) is 82.6 Å². The molecule has 0 saturated carbocycles. The van der Waals surface area contributed by atoms with Crippen molar-refractivity contribution in [3.05, 3.63) is 54.1 Å². The van der Waals surface area contributed by atoms with Crippen molar-refractivity contribution in [1.82, 2.24) is 15.1 Å². The third kappa shape index (κ3) is 6.21. The fourth-order valence-corrected chi connectivity index (χ4v) is 3.72. The highest BCUT2D eigenvalue weighted by Gasteiger charge is 2.25. The molecule has 172 valence electrons. The van der Waals surface area contributed by atoms with Gasteiger partial charge in [0.2, 0.25) is 0 Å². The van der Waals surface area contributed by atoms with Gasteiger partial charge in [-0.1, -0.05) is 12.1 Å². The van der Waals surface area contributed by atoms with Crippen molar-refractivity contribution in [3.63, 3.8) is 0 Å². The summed E-state index contributed by atoms with van der Waals surface area (Å²) >= 11 is 0. The summed E-state index contributed by atoms with van der Waals surface area (Å²) < 4.78 is 5.11. The quantitative estimate of drug-likeness (QED) is 0.641. The van der Waals surface area contributed by atoms with E-state index < -0.39 is 11.8 Å². The number of rotatable bonds is 7. The Morgan fingerprint density at radius 1 is 0.969 bits per heavy atom. The minimum atomic E-state index is -0.685. The van der Waals surface area contributed by atoms with Crippen LogP contribution < -0.4 is 20.3 Å². The van der Waals surface area contributed by atoms with Gasteiger partial charge >= 0.3 is 11.8 Å². The number of hydrogen-bond donors (Lipinski definition) is 2. The molecule has 2 aromatic rings. The Balaban J connectivity index is 1.65. The van der Waals surface area contributed by atoms with E-state index in [0.29, 0.717) is 18.0 Å². The van der Waals surface area contributed by atoms with Crippen molar-refractivity contribution < 1.29 is 14.3 Å². The molecule has 2 amide bonds. The molecule has 1 saturated heterocycles. The lowest BCUT2D eigenvalue weighted by atomic mass is 10.0. The van der Waals surface area contributed by atoms with Crippen molar-refractivity contribution in [2.24, 2.45) is 0 Å². The first-order chi connectivity index (χ1) is 15.4. The van der Waals surface area contributed by atoms with Gasteiger partial charge < -0.3 is 25.2 Å². The zero-order valence-electron chi connectivity index (χ0n) is 19.3. The van der Waals surface area contributed by atoms with Crippen molar-refractivity contribution >= 4 is 23.2 Å². The van der Waals surface area contributed by atoms with Crippen LogP contribution in [0.3, 0.4) is 0 Å². The Bertz CT molecular complexity index is 891. The molecule has 2 aromatic carbocycles. The largest absolute Gasteiger partial charge is 0.497 e. The van der Waals surface area contributed by atoms with Crippen LogP contribution in [0.4, 0.5) is 11.4 Å². The predicted octanol–water partition coefficient (Wildman–Crippen LogP) is 1.80. The summed E-state index contributed by atoms with van der Waals surface area (Å²) in [7, 11) is 7.71. The molecule has 32 heavy (non-hydrogen) atoms. The number of ether oxygens (including phenoxy) is 1. The Kier molecular flexibility index (Phi) is 8.08. The van der Waals surface area contributed by atoms with E-state index in [4.69, 9.17) is 4.74 Å². The van der Waals surface area contributed by atoms with Crippen LogP contribution in [-0.2, 0) is 9.59 Å². The molecule has 8 nitrogen and oxygen atoms in total. The predicted molar refractivity (Wildman–Crippen MR) is 127 cm³/mol.